The van der Waals surface area contributed by atoms with Crippen LogP contribution in [0.2, 0.25) is 0 Å². The number of hydrogen-bond donors (Lipinski definition) is 1. The van der Waals surface area contributed by atoms with Gasteiger partial charge in [0.15, 0.2) is 0 Å². The largest absolute Gasteiger partial charge is 0.324 e. The summed E-state index contributed by atoms with van der Waals surface area (Å²) in [5.74, 6) is -0.343. The summed E-state index contributed by atoms with van der Waals surface area (Å²) in [6.45, 7) is 9.67. The average molecular weight is 389 g/mol. The number of nitrogens with one attached hydrogen (secondary N) is 1. The first-order valence-electron chi connectivity index (χ1n) is 8.99. The van der Waals surface area contributed by atoms with E-state index >= 15 is 0 Å². The molecule has 2 aromatic rings. The fraction of sp³-hybridized carbons (Fsp3) is 0.381. The van der Waals surface area contributed by atoms with E-state index in [0.29, 0.717) is 17.8 Å². The number of benzene rings is 2. The van der Waals surface area contributed by atoms with Crippen molar-refractivity contribution in [2.45, 2.75) is 47.1 Å². The second-order valence-electron chi connectivity index (χ2n) is 7.04. The van der Waals surface area contributed by atoms with Crippen molar-refractivity contribution in [2.75, 3.05) is 15.9 Å². The van der Waals surface area contributed by atoms with Gasteiger partial charge in [0.2, 0.25) is 15.9 Å². The van der Waals surface area contributed by atoms with Crippen molar-refractivity contribution >= 4 is 27.3 Å². The standard InChI is InChI=1S/C21H28N2O3S/c1-7-20(21(24)22-18-10-8-14(2)16(4)12-18)23(27(6,25)26)19-11-9-15(3)17(5)13-19/h8-13,20H,7H2,1-6H3,(H,22,24)/t20-/m0/s1. The molecule has 0 spiro atoms. The maximum Gasteiger partial charge on any atom is 0.248 e. The summed E-state index contributed by atoms with van der Waals surface area (Å²) in [6.07, 6.45) is 1.49. The van der Waals surface area contributed by atoms with Crippen molar-refractivity contribution in [3.63, 3.8) is 0 Å². The van der Waals surface area contributed by atoms with Gasteiger partial charge in [-0.2, -0.15) is 0 Å². The Bertz CT molecular complexity index is 952. The zero-order valence-electron chi connectivity index (χ0n) is 16.8. The van der Waals surface area contributed by atoms with Crippen LogP contribution >= 0.6 is 0 Å². The van der Waals surface area contributed by atoms with Gasteiger partial charge in [-0.1, -0.05) is 19.1 Å². The molecular formula is C21H28N2O3S. The average Bonchev–Trinajstić information content (AvgIpc) is 2.57. The number of sulfonamides is 1. The van der Waals surface area contributed by atoms with Crippen molar-refractivity contribution in [1.82, 2.24) is 0 Å². The van der Waals surface area contributed by atoms with Gasteiger partial charge in [0.1, 0.15) is 6.04 Å². The molecule has 2 rings (SSSR count). The van der Waals surface area contributed by atoms with E-state index in [1.54, 1.807) is 6.07 Å². The minimum absolute atomic E-state index is 0.343. The highest BCUT2D eigenvalue weighted by molar-refractivity contribution is 7.92. The Hall–Kier alpha value is -2.34. The highest BCUT2D eigenvalue weighted by Gasteiger charge is 2.31. The molecule has 5 nitrogen and oxygen atoms in total. The van der Waals surface area contributed by atoms with Gasteiger partial charge in [0.05, 0.1) is 11.9 Å². The van der Waals surface area contributed by atoms with Gasteiger partial charge in [-0.15, -0.1) is 0 Å². The maximum atomic E-state index is 12.9. The Morgan fingerprint density at radius 2 is 1.52 bits per heavy atom. The molecule has 0 bridgehead atoms. The topological polar surface area (TPSA) is 66.5 Å². The summed E-state index contributed by atoms with van der Waals surface area (Å²) in [7, 11) is -3.64. The van der Waals surface area contributed by atoms with Gasteiger partial charge >= 0.3 is 0 Å². The molecule has 0 aliphatic heterocycles. The van der Waals surface area contributed by atoms with Crippen molar-refractivity contribution in [3.8, 4) is 0 Å². The van der Waals surface area contributed by atoms with Gasteiger partial charge < -0.3 is 5.32 Å². The van der Waals surface area contributed by atoms with E-state index in [1.165, 1.54) is 4.31 Å². The maximum absolute atomic E-state index is 12.9. The van der Waals surface area contributed by atoms with Gasteiger partial charge in [-0.25, -0.2) is 8.42 Å². The first kappa shape index (κ1) is 21.0. The zero-order valence-corrected chi connectivity index (χ0v) is 17.6. The van der Waals surface area contributed by atoms with E-state index in [1.807, 2.05) is 65.0 Å². The van der Waals surface area contributed by atoms with Crippen LogP contribution in [0.25, 0.3) is 0 Å². The van der Waals surface area contributed by atoms with Crippen LogP contribution in [0.15, 0.2) is 36.4 Å². The predicted octanol–water partition coefficient (Wildman–Crippen LogP) is 4.10. The molecule has 0 saturated heterocycles. The molecule has 0 heterocycles. The SMILES string of the molecule is CC[C@@H](C(=O)Nc1ccc(C)c(C)c1)N(c1ccc(C)c(C)c1)S(C)(=O)=O. The van der Waals surface area contributed by atoms with Crippen LogP contribution in [-0.2, 0) is 14.8 Å². The second kappa shape index (κ2) is 8.13. The normalized spacial score (nSPS) is 12.5. The van der Waals surface area contributed by atoms with Crippen LogP contribution in [0.3, 0.4) is 0 Å². The van der Waals surface area contributed by atoms with E-state index < -0.39 is 16.1 Å². The van der Waals surface area contributed by atoms with E-state index in [4.69, 9.17) is 0 Å². The first-order chi connectivity index (χ1) is 12.5. The number of anilines is 2. The third kappa shape index (κ3) is 4.89. The highest BCUT2D eigenvalue weighted by atomic mass is 32.2. The van der Waals surface area contributed by atoms with Crippen molar-refractivity contribution < 1.29 is 13.2 Å². The summed E-state index contributed by atoms with van der Waals surface area (Å²) < 4.78 is 26.3. The lowest BCUT2D eigenvalue weighted by atomic mass is 10.1. The quantitative estimate of drug-likeness (QED) is 0.810. The Labute approximate surface area is 162 Å². The number of rotatable bonds is 6. The van der Waals surface area contributed by atoms with E-state index in [0.717, 1.165) is 28.5 Å². The summed E-state index contributed by atoms with van der Waals surface area (Å²) in [5, 5.41) is 2.86. The van der Waals surface area contributed by atoms with Crippen molar-refractivity contribution in [3.05, 3.63) is 58.7 Å². The molecule has 0 aliphatic rings. The monoisotopic (exact) mass is 388 g/mol. The molecule has 1 atom stereocenters. The molecule has 27 heavy (non-hydrogen) atoms. The molecule has 0 aliphatic carbocycles. The first-order valence-corrected chi connectivity index (χ1v) is 10.8. The van der Waals surface area contributed by atoms with Crippen LogP contribution in [0, 0.1) is 27.7 Å². The molecule has 2 aromatic carbocycles. The molecule has 0 aromatic heterocycles. The highest BCUT2D eigenvalue weighted by Crippen LogP contribution is 2.26. The molecule has 0 unspecified atom stereocenters. The molecule has 146 valence electrons. The lowest BCUT2D eigenvalue weighted by Gasteiger charge is -2.30. The Kier molecular flexibility index (Phi) is 6.31. The fourth-order valence-corrected chi connectivity index (χ4v) is 4.17. The summed E-state index contributed by atoms with van der Waals surface area (Å²) in [6, 6.07) is 10.2. The van der Waals surface area contributed by atoms with Gasteiger partial charge in [0.25, 0.3) is 0 Å². The lowest BCUT2D eigenvalue weighted by molar-refractivity contribution is -0.117. The molecule has 1 amide bonds. The Morgan fingerprint density at radius 3 is 2.00 bits per heavy atom. The van der Waals surface area contributed by atoms with Crippen LogP contribution in [0.5, 0.6) is 0 Å². The van der Waals surface area contributed by atoms with Crippen LogP contribution < -0.4 is 9.62 Å². The number of nitrogens with zero attached hydrogens (tertiary/aromatic N) is 1. The Morgan fingerprint density at radius 1 is 0.963 bits per heavy atom. The van der Waals surface area contributed by atoms with Gasteiger partial charge in [-0.05, 0) is 80.6 Å². The second-order valence-corrected chi connectivity index (χ2v) is 8.90. The van der Waals surface area contributed by atoms with Crippen LogP contribution in [0.4, 0.5) is 11.4 Å². The predicted molar refractivity (Wildman–Crippen MR) is 112 cm³/mol. The van der Waals surface area contributed by atoms with Gasteiger partial charge in [0, 0.05) is 5.69 Å². The molecule has 0 saturated carbocycles. The van der Waals surface area contributed by atoms with E-state index in [-0.39, 0.29) is 5.91 Å². The number of carbonyl (C=O) groups is 1. The fourth-order valence-electron chi connectivity index (χ4n) is 2.97. The number of amides is 1. The summed E-state index contributed by atoms with van der Waals surface area (Å²) in [4.78, 5) is 12.9. The van der Waals surface area contributed by atoms with E-state index in [9.17, 15) is 13.2 Å². The molecule has 6 heteroatoms. The summed E-state index contributed by atoms with van der Waals surface area (Å²) in [5.41, 5.74) is 5.41. The minimum Gasteiger partial charge on any atom is -0.324 e. The van der Waals surface area contributed by atoms with Crippen molar-refractivity contribution in [2.24, 2.45) is 0 Å². The zero-order chi connectivity index (χ0) is 20.4. The Balaban J connectivity index is 2.40. The number of hydrogen-bond acceptors (Lipinski definition) is 3. The smallest absolute Gasteiger partial charge is 0.248 e. The molecule has 0 fully saturated rings. The number of carbonyl (C=O) groups excluding carboxylic acids is 1. The van der Waals surface area contributed by atoms with E-state index in [2.05, 4.69) is 5.32 Å². The third-order valence-corrected chi connectivity index (χ3v) is 6.03. The lowest BCUT2D eigenvalue weighted by Crippen LogP contribution is -2.47. The number of aryl methyl sites for hydroxylation is 4. The molecular weight excluding hydrogens is 360 g/mol. The molecule has 1 N–H and O–H groups in total. The third-order valence-electron chi connectivity index (χ3n) is 4.85. The van der Waals surface area contributed by atoms with Crippen LogP contribution in [0.1, 0.15) is 35.6 Å². The molecule has 0 radical (unpaired) electrons. The van der Waals surface area contributed by atoms with Gasteiger partial charge in [-0.3, -0.25) is 9.10 Å². The van der Waals surface area contributed by atoms with Crippen LogP contribution in [-0.4, -0.2) is 26.6 Å². The minimum atomic E-state index is -3.64. The van der Waals surface area contributed by atoms with Crippen molar-refractivity contribution in [1.29, 1.82) is 0 Å². The summed E-state index contributed by atoms with van der Waals surface area (Å²) >= 11 is 0.